The van der Waals surface area contributed by atoms with Gasteiger partial charge in [0.2, 0.25) is 11.8 Å². The number of nitrogens with one attached hydrogen (secondary N) is 1. The van der Waals surface area contributed by atoms with Crippen LogP contribution >= 0.6 is 11.6 Å². The molecule has 3 aliphatic rings. The lowest BCUT2D eigenvalue weighted by Gasteiger charge is -2.42. The maximum absolute atomic E-state index is 15.0. The lowest BCUT2D eigenvalue weighted by atomic mass is 9.71. The summed E-state index contributed by atoms with van der Waals surface area (Å²) < 4.78 is 28.8. The average Bonchev–Trinajstić information content (AvgIpc) is 3.45. The van der Waals surface area contributed by atoms with Gasteiger partial charge in [-0.25, -0.2) is 8.78 Å². The summed E-state index contributed by atoms with van der Waals surface area (Å²) in [6, 6.07) is 8.01. The Balaban J connectivity index is 1.40. The normalized spacial score (nSPS) is 24.2. The first-order valence-electron chi connectivity index (χ1n) is 15.1. The number of aryl methyl sites for hydroxylation is 1. The Kier molecular flexibility index (Phi) is 8.02. The molecule has 2 heterocycles. The van der Waals surface area contributed by atoms with Gasteiger partial charge in [0.05, 0.1) is 5.92 Å². The molecule has 2 aliphatic heterocycles. The fourth-order valence-corrected chi connectivity index (χ4v) is 7.99. The molecule has 1 aliphatic carbocycles. The summed E-state index contributed by atoms with van der Waals surface area (Å²) in [5.41, 5.74) is 3.16. The molecule has 2 saturated heterocycles. The van der Waals surface area contributed by atoms with Gasteiger partial charge in [0.15, 0.2) is 0 Å². The lowest BCUT2D eigenvalue weighted by Crippen LogP contribution is -2.49. The van der Waals surface area contributed by atoms with Gasteiger partial charge in [-0.05, 0) is 101 Å². The van der Waals surface area contributed by atoms with Crippen LogP contribution in [0, 0.1) is 24.5 Å². The number of amides is 2. The zero-order valence-corrected chi connectivity index (χ0v) is 26.7. The first kappa shape index (κ1) is 30.9. The molecule has 2 fully saturated rings. The molecule has 2 aromatic rings. The van der Waals surface area contributed by atoms with Crippen LogP contribution in [0.1, 0.15) is 94.9 Å². The summed E-state index contributed by atoms with van der Waals surface area (Å²) in [7, 11) is 0. The highest BCUT2D eigenvalue weighted by Crippen LogP contribution is 2.56. The summed E-state index contributed by atoms with van der Waals surface area (Å²) in [6.45, 7) is 16.3. The van der Waals surface area contributed by atoms with Gasteiger partial charge in [0.1, 0.15) is 11.6 Å². The number of carbonyl (C=O) groups excluding carboxylic acids is 2. The predicted octanol–water partition coefficient (Wildman–Crippen LogP) is 6.70. The number of rotatable bonds is 4. The van der Waals surface area contributed by atoms with E-state index in [-0.39, 0.29) is 34.6 Å². The molecule has 8 heteroatoms. The number of fused-ring (bicyclic) bond motifs is 2. The topological polar surface area (TPSA) is 52.7 Å². The fourth-order valence-electron chi connectivity index (χ4n) is 7.82. The molecule has 1 spiro atoms. The van der Waals surface area contributed by atoms with E-state index >= 15 is 0 Å². The van der Waals surface area contributed by atoms with Gasteiger partial charge in [0, 0.05) is 67.1 Å². The number of halogens is 3. The standard InChI is InChI=1S/C34H44ClF2N3O2/c1-20-14-27-24(16-29(20)35)28(33(6,7)38-21(2)41)17-34(27)10-12-39(13-11-34)31(42)26-19-40(32(3,4)5)18-25(26)23-9-8-22(36)15-30(23)37/h8-9,14-16,25-26,28H,10-13,17-19H2,1-7H3,(H,38,41)/t25-,26+,28+/m0/s1. The molecule has 0 saturated carbocycles. The van der Waals surface area contributed by atoms with Crippen molar-refractivity contribution in [2.24, 2.45) is 5.92 Å². The zero-order chi connectivity index (χ0) is 30.8. The number of nitrogens with zero attached hydrogens (tertiary/aromatic N) is 2. The van der Waals surface area contributed by atoms with Crippen LogP contribution < -0.4 is 5.32 Å². The third-order valence-corrected chi connectivity index (χ3v) is 10.6. The zero-order valence-electron chi connectivity index (χ0n) is 25.9. The summed E-state index contributed by atoms with van der Waals surface area (Å²) >= 11 is 6.61. The van der Waals surface area contributed by atoms with Gasteiger partial charge >= 0.3 is 0 Å². The highest BCUT2D eigenvalue weighted by molar-refractivity contribution is 6.31. The van der Waals surface area contributed by atoms with Gasteiger partial charge in [-0.3, -0.25) is 14.5 Å². The van der Waals surface area contributed by atoms with Crippen LogP contribution in [-0.2, 0) is 15.0 Å². The minimum atomic E-state index is -0.612. The molecule has 5 rings (SSSR count). The van der Waals surface area contributed by atoms with E-state index < -0.39 is 23.1 Å². The first-order chi connectivity index (χ1) is 19.5. The van der Waals surface area contributed by atoms with Crippen molar-refractivity contribution in [1.29, 1.82) is 0 Å². The van der Waals surface area contributed by atoms with Crippen molar-refractivity contribution >= 4 is 23.4 Å². The maximum atomic E-state index is 15.0. The number of benzene rings is 2. The Morgan fingerprint density at radius 2 is 1.67 bits per heavy atom. The Hall–Kier alpha value is -2.51. The van der Waals surface area contributed by atoms with Crippen LogP contribution in [0.3, 0.4) is 0 Å². The molecule has 0 unspecified atom stereocenters. The first-order valence-corrected chi connectivity index (χ1v) is 15.5. The number of hydrogen-bond donors (Lipinski definition) is 1. The number of likely N-dealkylation sites (tertiary alicyclic amines) is 2. The van der Waals surface area contributed by atoms with Crippen molar-refractivity contribution in [1.82, 2.24) is 15.1 Å². The SMILES string of the molecule is CC(=O)NC(C)(C)[C@@H]1CC2(CCN(C(=O)[C@@H]3CN(C(C)(C)C)C[C@H]3c3ccc(F)cc3F)CC2)c2cc(C)c(Cl)cc21. The summed E-state index contributed by atoms with van der Waals surface area (Å²) in [6.07, 6.45) is 2.50. The van der Waals surface area contributed by atoms with Crippen LogP contribution in [0.2, 0.25) is 5.02 Å². The average molecular weight is 600 g/mol. The van der Waals surface area contributed by atoms with Crippen molar-refractivity contribution in [3.63, 3.8) is 0 Å². The van der Waals surface area contributed by atoms with E-state index in [9.17, 15) is 18.4 Å². The second kappa shape index (κ2) is 10.9. The van der Waals surface area contributed by atoms with E-state index in [1.807, 2.05) is 11.8 Å². The van der Waals surface area contributed by atoms with Crippen molar-refractivity contribution in [2.75, 3.05) is 26.2 Å². The second-order valence-electron chi connectivity index (χ2n) is 14.4. The molecule has 3 atom stereocenters. The highest BCUT2D eigenvalue weighted by Gasteiger charge is 2.52. The summed E-state index contributed by atoms with van der Waals surface area (Å²) in [5.74, 6) is -1.86. The highest BCUT2D eigenvalue weighted by atomic mass is 35.5. The second-order valence-corrected chi connectivity index (χ2v) is 14.8. The maximum Gasteiger partial charge on any atom is 0.227 e. The Morgan fingerprint density at radius 3 is 2.26 bits per heavy atom. The van der Waals surface area contributed by atoms with Crippen molar-refractivity contribution in [2.45, 2.75) is 96.1 Å². The van der Waals surface area contributed by atoms with Crippen LogP contribution in [0.4, 0.5) is 8.78 Å². The fraction of sp³-hybridized carbons (Fsp3) is 0.588. The molecular formula is C34H44ClF2N3O2. The number of carbonyl (C=O) groups is 2. The smallest absolute Gasteiger partial charge is 0.227 e. The quantitative estimate of drug-likeness (QED) is 0.425. The minimum Gasteiger partial charge on any atom is -0.351 e. The Labute approximate surface area is 254 Å². The Morgan fingerprint density at radius 1 is 1.00 bits per heavy atom. The Bertz CT molecular complexity index is 1390. The number of hydrogen-bond acceptors (Lipinski definition) is 3. The van der Waals surface area contributed by atoms with Crippen LogP contribution in [0.5, 0.6) is 0 Å². The third kappa shape index (κ3) is 5.59. The van der Waals surface area contributed by atoms with E-state index in [2.05, 4.69) is 57.0 Å². The molecule has 0 aromatic heterocycles. The van der Waals surface area contributed by atoms with Crippen LogP contribution in [0.25, 0.3) is 0 Å². The molecule has 42 heavy (non-hydrogen) atoms. The van der Waals surface area contributed by atoms with Gasteiger partial charge < -0.3 is 10.2 Å². The molecule has 1 N–H and O–H groups in total. The van der Waals surface area contributed by atoms with Gasteiger partial charge in [-0.1, -0.05) is 23.7 Å². The monoisotopic (exact) mass is 599 g/mol. The van der Waals surface area contributed by atoms with Crippen LogP contribution in [0.15, 0.2) is 30.3 Å². The largest absolute Gasteiger partial charge is 0.351 e. The lowest BCUT2D eigenvalue weighted by molar-refractivity contribution is -0.137. The molecule has 228 valence electrons. The minimum absolute atomic E-state index is 0.0472. The van der Waals surface area contributed by atoms with Gasteiger partial charge in [-0.15, -0.1) is 0 Å². The number of piperidine rings is 1. The van der Waals surface area contributed by atoms with Crippen molar-refractivity contribution in [3.8, 4) is 0 Å². The molecule has 0 radical (unpaired) electrons. The summed E-state index contributed by atoms with van der Waals surface area (Å²) in [4.78, 5) is 30.5. The van der Waals surface area contributed by atoms with Crippen LogP contribution in [-0.4, -0.2) is 58.9 Å². The molecular weight excluding hydrogens is 556 g/mol. The molecule has 5 nitrogen and oxygen atoms in total. The van der Waals surface area contributed by atoms with Crippen molar-refractivity contribution < 1.29 is 18.4 Å². The van der Waals surface area contributed by atoms with E-state index in [1.165, 1.54) is 23.3 Å². The van der Waals surface area contributed by atoms with Crippen molar-refractivity contribution in [3.05, 3.63) is 69.2 Å². The van der Waals surface area contributed by atoms with E-state index in [0.717, 1.165) is 35.9 Å². The van der Waals surface area contributed by atoms with Gasteiger partial charge in [-0.2, -0.15) is 0 Å². The molecule has 2 amide bonds. The van der Waals surface area contributed by atoms with E-state index in [4.69, 9.17) is 11.6 Å². The predicted molar refractivity (Wildman–Crippen MR) is 163 cm³/mol. The molecule has 0 bridgehead atoms. The van der Waals surface area contributed by atoms with E-state index in [0.29, 0.717) is 31.7 Å². The summed E-state index contributed by atoms with van der Waals surface area (Å²) in [5, 5.41) is 3.89. The third-order valence-electron chi connectivity index (χ3n) is 10.2. The van der Waals surface area contributed by atoms with Gasteiger partial charge in [0.25, 0.3) is 0 Å². The molecule has 2 aromatic carbocycles. The van der Waals surface area contributed by atoms with E-state index in [1.54, 1.807) is 6.92 Å².